The molecule has 2 rings (SSSR count). The summed E-state index contributed by atoms with van der Waals surface area (Å²) < 4.78 is 0. The van der Waals surface area contributed by atoms with E-state index in [2.05, 4.69) is 27.0 Å². The Morgan fingerprint density at radius 2 is 1.95 bits per heavy atom. The highest BCUT2D eigenvalue weighted by Crippen LogP contribution is 2.61. The molecule has 2 nitrogen and oxygen atoms in total. The van der Waals surface area contributed by atoms with E-state index < -0.39 is 0 Å². The van der Waals surface area contributed by atoms with Crippen molar-refractivity contribution in [1.82, 2.24) is 0 Å². The van der Waals surface area contributed by atoms with E-state index in [0.717, 1.165) is 31.3 Å². The molecule has 4 atom stereocenters. The third-order valence-corrected chi connectivity index (χ3v) is 6.76. The molecule has 0 amide bonds. The van der Waals surface area contributed by atoms with Gasteiger partial charge in [0.25, 0.3) is 0 Å². The minimum absolute atomic E-state index is 0.0774. The molecule has 0 heterocycles. The number of allylic oxidation sites excluding steroid dienone is 1. The van der Waals surface area contributed by atoms with Gasteiger partial charge in [-0.3, -0.25) is 0 Å². The summed E-state index contributed by atoms with van der Waals surface area (Å²) in [5.41, 5.74) is 2.90. The van der Waals surface area contributed by atoms with Crippen molar-refractivity contribution in [3.63, 3.8) is 0 Å². The molecule has 0 saturated heterocycles. The number of hydrogen-bond donors (Lipinski definition) is 2. The van der Waals surface area contributed by atoms with E-state index >= 15 is 0 Å². The Morgan fingerprint density at radius 1 is 1.23 bits per heavy atom. The molecule has 2 heteroatoms. The molecule has 2 aliphatic carbocycles. The Hall–Kier alpha value is -0.600. The molecule has 4 unspecified atom stereocenters. The fourth-order valence-electron chi connectivity index (χ4n) is 5.44. The van der Waals surface area contributed by atoms with Gasteiger partial charge in [-0.2, -0.15) is 0 Å². The first-order chi connectivity index (χ1) is 10.4. The molecule has 22 heavy (non-hydrogen) atoms. The van der Waals surface area contributed by atoms with E-state index in [0.29, 0.717) is 24.9 Å². The van der Waals surface area contributed by atoms with E-state index in [4.69, 9.17) is 5.11 Å². The van der Waals surface area contributed by atoms with Gasteiger partial charge >= 0.3 is 0 Å². The molecule has 2 aliphatic rings. The Labute approximate surface area is 136 Å². The Bertz CT molecular complexity index is 427. The predicted molar refractivity (Wildman–Crippen MR) is 92.6 cm³/mol. The monoisotopic (exact) mass is 306 g/mol. The Balaban J connectivity index is 2.17. The highest BCUT2D eigenvalue weighted by molar-refractivity contribution is 5.17. The van der Waals surface area contributed by atoms with Crippen LogP contribution in [0.1, 0.15) is 65.2 Å². The topological polar surface area (TPSA) is 40.5 Å². The molecule has 2 saturated carbocycles. The maximum absolute atomic E-state index is 9.98. The average Bonchev–Trinajstić information content (AvgIpc) is 2.46. The largest absolute Gasteiger partial charge is 0.396 e. The van der Waals surface area contributed by atoms with Crippen LogP contribution in [-0.2, 0) is 0 Å². The van der Waals surface area contributed by atoms with Gasteiger partial charge in [0.15, 0.2) is 0 Å². The first kappa shape index (κ1) is 17.7. The van der Waals surface area contributed by atoms with Gasteiger partial charge in [0, 0.05) is 13.2 Å². The van der Waals surface area contributed by atoms with Gasteiger partial charge in [-0.05, 0) is 67.6 Å². The molecule has 2 fully saturated rings. The van der Waals surface area contributed by atoms with Crippen LogP contribution >= 0.6 is 0 Å². The molecule has 0 aromatic carbocycles. The maximum Gasteiger partial charge on any atom is 0.0487 e. The lowest BCUT2D eigenvalue weighted by atomic mass is 9.47. The van der Waals surface area contributed by atoms with Crippen LogP contribution < -0.4 is 0 Å². The lowest BCUT2D eigenvalue weighted by Crippen LogP contribution is -2.51. The third kappa shape index (κ3) is 3.19. The maximum atomic E-state index is 9.98. The summed E-state index contributed by atoms with van der Waals surface area (Å²) in [5.74, 6) is 1.13. The summed E-state index contributed by atoms with van der Waals surface area (Å²) in [4.78, 5) is 0. The van der Waals surface area contributed by atoms with Crippen LogP contribution in [0.15, 0.2) is 24.3 Å². The normalized spacial score (nSPS) is 38.6. The van der Waals surface area contributed by atoms with Gasteiger partial charge in [0.1, 0.15) is 0 Å². The lowest BCUT2D eigenvalue weighted by molar-refractivity contribution is -0.0858. The van der Waals surface area contributed by atoms with Gasteiger partial charge < -0.3 is 10.2 Å². The summed E-state index contributed by atoms with van der Waals surface area (Å²) in [6.45, 7) is 13.7. The summed E-state index contributed by atoms with van der Waals surface area (Å²) >= 11 is 0. The van der Waals surface area contributed by atoms with Gasteiger partial charge in [-0.1, -0.05) is 44.6 Å². The average molecular weight is 306 g/mol. The molecule has 2 N–H and O–H groups in total. The highest BCUT2D eigenvalue weighted by Gasteiger charge is 2.53. The van der Waals surface area contributed by atoms with Crippen molar-refractivity contribution < 1.29 is 10.2 Å². The van der Waals surface area contributed by atoms with Gasteiger partial charge in [-0.15, -0.1) is 0 Å². The molecule has 0 aromatic rings. The van der Waals surface area contributed by atoms with Crippen LogP contribution in [0.5, 0.6) is 0 Å². The van der Waals surface area contributed by atoms with Crippen LogP contribution in [0.2, 0.25) is 0 Å². The second-order valence-electron chi connectivity index (χ2n) is 8.24. The molecule has 126 valence electrons. The number of hydrogen-bond acceptors (Lipinski definition) is 2. The van der Waals surface area contributed by atoms with Crippen molar-refractivity contribution >= 4 is 0 Å². The molecule has 0 spiro atoms. The fraction of sp³-hybridized carbons (Fsp3) is 0.800. The van der Waals surface area contributed by atoms with Crippen LogP contribution in [0.25, 0.3) is 0 Å². The van der Waals surface area contributed by atoms with E-state index in [9.17, 15) is 5.11 Å². The fourth-order valence-corrected chi connectivity index (χ4v) is 5.44. The van der Waals surface area contributed by atoms with Crippen molar-refractivity contribution in [2.24, 2.45) is 22.7 Å². The van der Waals surface area contributed by atoms with Crippen LogP contribution in [0.4, 0.5) is 0 Å². The molecule has 0 aliphatic heterocycles. The first-order valence-corrected chi connectivity index (χ1v) is 8.93. The third-order valence-electron chi connectivity index (χ3n) is 6.76. The Kier molecular flexibility index (Phi) is 5.55. The zero-order chi connectivity index (χ0) is 16.4. The molecular formula is C20H34O2. The van der Waals surface area contributed by atoms with Crippen molar-refractivity contribution in [2.45, 2.75) is 65.2 Å². The zero-order valence-electron chi connectivity index (χ0n) is 14.5. The first-order valence-electron chi connectivity index (χ1n) is 8.93. The summed E-state index contributed by atoms with van der Waals surface area (Å²) in [6.07, 6.45) is 8.71. The van der Waals surface area contributed by atoms with Crippen molar-refractivity contribution in [2.75, 3.05) is 13.2 Å². The number of aliphatic hydroxyl groups excluding tert-OH is 2. The van der Waals surface area contributed by atoms with Crippen molar-refractivity contribution in [3.05, 3.63) is 24.3 Å². The van der Waals surface area contributed by atoms with E-state index in [1.165, 1.54) is 24.8 Å². The van der Waals surface area contributed by atoms with E-state index in [1.807, 2.05) is 0 Å². The van der Waals surface area contributed by atoms with Crippen LogP contribution in [0, 0.1) is 22.7 Å². The lowest BCUT2D eigenvalue weighted by Gasteiger charge is -2.58. The summed E-state index contributed by atoms with van der Waals surface area (Å²) in [5, 5.41) is 19.0. The van der Waals surface area contributed by atoms with Crippen LogP contribution in [-0.4, -0.2) is 23.4 Å². The van der Waals surface area contributed by atoms with Gasteiger partial charge in [0.2, 0.25) is 0 Å². The van der Waals surface area contributed by atoms with E-state index in [1.54, 1.807) is 0 Å². The second kappa shape index (κ2) is 6.88. The van der Waals surface area contributed by atoms with Gasteiger partial charge in [0.05, 0.1) is 0 Å². The molecule has 0 bridgehead atoms. The van der Waals surface area contributed by atoms with Gasteiger partial charge in [-0.25, -0.2) is 0 Å². The van der Waals surface area contributed by atoms with Crippen LogP contribution in [0.3, 0.4) is 0 Å². The molecule has 0 radical (unpaired) electrons. The minimum atomic E-state index is 0.0774. The van der Waals surface area contributed by atoms with Crippen molar-refractivity contribution in [3.8, 4) is 0 Å². The second-order valence-corrected chi connectivity index (χ2v) is 8.24. The number of rotatable bonds is 6. The molecular weight excluding hydrogens is 272 g/mol. The summed E-state index contributed by atoms with van der Waals surface area (Å²) in [7, 11) is 0. The Morgan fingerprint density at radius 3 is 2.59 bits per heavy atom. The number of fused-ring (bicyclic) bond motifs is 1. The smallest absolute Gasteiger partial charge is 0.0487 e. The zero-order valence-corrected chi connectivity index (χ0v) is 14.5. The van der Waals surface area contributed by atoms with Crippen molar-refractivity contribution in [1.29, 1.82) is 0 Å². The summed E-state index contributed by atoms with van der Waals surface area (Å²) in [6, 6.07) is 0. The minimum Gasteiger partial charge on any atom is -0.396 e. The standard InChI is InChI=1S/C20H34O2/c1-15(10-13-21)6-8-17-16(2)7-9-18-19(3,14-22)11-5-12-20(17,18)4/h17-18,21-22H,1-2,5-14H2,3-4H3. The number of aliphatic hydroxyl groups is 2. The predicted octanol–water partition coefficient (Wildman–Crippen LogP) is 4.48. The highest BCUT2D eigenvalue weighted by atomic mass is 16.3. The quantitative estimate of drug-likeness (QED) is 0.710. The molecule has 0 aromatic heterocycles. The SMILES string of the molecule is C=C(CCO)CCC1C(=C)CCC2C(C)(CO)CCCC12C. The van der Waals surface area contributed by atoms with E-state index in [-0.39, 0.29) is 17.4 Å².